The quantitative estimate of drug-likeness (QED) is 0.651. The standard InChI is InChI=1S/C21H21N5O3S/c1-3-14(2)26-19(12-13-22-26)24-21(27)15-8-10-16(11-9-15)23-20-17-6-4-5-7-18(17)30(28,29)25-20/h4-14H,3H2,1-2H3,(H,23,25)(H,24,27). The molecule has 2 N–H and O–H groups in total. The lowest BCUT2D eigenvalue weighted by Gasteiger charge is -2.14. The second-order valence-electron chi connectivity index (χ2n) is 6.99. The summed E-state index contributed by atoms with van der Waals surface area (Å²) in [7, 11) is -3.69. The van der Waals surface area contributed by atoms with Gasteiger partial charge >= 0.3 is 0 Å². The predicted octanol–water partition coefficient (Wildman–Crippen LogP) is 3.67. The van der Waals surface area contributed by atoms with Crippen LogP contribution < -0.4 is 10.6 Å². The topological polar surface area (TPSA) is 105 Å². The number of benzene rings is 2. The van der Waals surface area contributed by atoms with Gasteiger partial charge in [-0.15, -0.1) is 4.40 Å². The van der Waals surface area contributed by atoms with Gasteiger partial charge in [0.25, 0.3) is 15.9 Å². The van der Waals surface area contributed by atoms with Crippen LogP contribution in [0, 0.1) is 0 Å². The molecule has 1 aliphatic rings. The smallest absolute Gasteiger partial charge is 0.285 e. The van der Waals surface area contributed by atoms with Crippen molar-refractivity contribution in [3.63, 3.8) is 0 Å². The van der Waals surface area contributed by atoms with E-state index in [0.717, 1.165) is 6.42 Å². The maximum Gasteiger partial charge on any atom is 0.285 e. The highest BCUT2D eigenvalue weighted by Gasteiger charge is 2.28. The Bertz CT molecular complexity index is 1230. The van der Waals surface area contributed by atoms with Crippen molar-refractivity contribution < 1.29 is 13.2 Å². The number of carbonyl (C=O) groups excluding carboxylic acids is 1. The fourth-order valence-corrected chi connectivity index (χ4v) is 4.34. The normalized spacial score (nSPS) is 15.2. The molecule has 0 saturated carbocycles. The Morgan fingerprint density at radius 2 is 1.83 bits per heavy atom. The molecule has 0 fully saturated rings. The van der Waals surface area contributed by atoms with E-state index in [-0.39, 0.29) is 22.7 Å². The second kappa shape index (κ2) is 7.75. The molecule has 1 amide bonds. The van der Waals surface area contributed by atoms with Gasteiger partial charge in [0.05, 0.1) is 12.2 Å². The molecule has 0 saturated heterocycles. The second-order valence-corrected chi connectivity index (χ2v) is 8.56. The molecule has 8 nitrogen and oxygen atoms in total. The highest BCUT2D eigenvalue weighted by Crippen LogP contribution is 2.27. The summed E-state index contributed by atoms with van der Waals surface area (Å²) in [5.74, 6) is 0.650. The third-order valence-electron chi connectivity index (χ3n) is 4.96. The van der Waals surface area contributed by atoms with Gasteiger partial charge in [-0.1, -0.05) is 19.1 Å². The average molecular weight is 423 g/mol. The molecule has 30 heavy (non-hydrogen) atoms. The molecule has 154 valence electrons. The molecule has 2 aromatic carbocycles. The Balaban J connectivity index is 1.49. The minimum Gasteiger partial charge on any atom is -0.339 e. The molecule has 4 rings (SSSR count). The summed E-state index contributed by atoms with van der Waals surface area (Å²) in [6, 6.07) is 15.3. The largest absolute Gasteiger partial charge is 0.339 e. The summed E-state index contributed by atoms with van der Waals surface area (Å²) in [4.78, 5) is 12.8. The van der Waals surface area contributed by atoms with Crippen LogP contribution in [0.4, 0.5) is 11.5 Å². The Morgan fingerprint density at radius 1 is 1.10 bits per heavy atom. The lowest BCUT2D eigenvalue weighted by molar-refractivity contribution is 0.102. The number of anilines is 2. The van der Waals surface area contributed by atoms with Crippen molar-refractivity contribution in [1.29, 1.82) is 0 Å². The average Bonchev–Trinajstić information content (AvgIpc) is 3.30. The van der Waals surface area contributed by atoms with Crippen molar-refractivity contribution in [1.82, 2.24) is 9.78 Å². The first-order valence-corrected chi connectivity index (χ1v) is 11.0. The van der Waals surface area contributed by atoms with Crippen molar-refractivity contribution in [2.75, 3.05) is 10.6 Å². The number of nitrogens with one attached hydrogen (secondary N) is 2. The minimum absolute atomic E-state index is 0.174. The van der Waals surface area contributed by atoms with E-state index >= 15 is 0 Å². The fraction of sp³-hybridized carbons (Fsp3) is 0.190. The van der Waals surface area contributed by atoms with Crippen molar-refractivity contribution in [3.8, 4) is 0 Å². The predicted molar refractivity (Wildman–Crippen MR) is 115 cm³/mol. The van der Waals surface area contributed by atoms with Crippen LogP contribution in [0.25, 0.3) is 0 Å². The Labute approximate surface area is 174 Å². The summed E-state index contributed by atoms with van der Waals surface area (Å²) in [5.41, 5.74) is 1.62. The highest BCUT2D eigenvalue weighted by molar-refractivity contribution is 7.90. The summed E-state index contributed by atoms with van der Waals surface area (Å²) in [6.45, 7) is 4.09. The van der Waals surface area contributed by atoms with Gasteiger partial charge in [0, 0.05) is 22.9 Å². The lowest BCUT2D eigenvalue weighted by Crippen LogP contribution is -2.17. The molecular formula is C21H21N5O3S. The zero-order valence-corrected chi connectivity index (χ0v) is 17.3. The van der Waals surface area contributed by atoms with Crippen LogP contribution in [0.5, 0.6) is 0 Å². The number of amidine groups is 1. The van der Waals surface area contributed by atoms with Gasteiger partial charge in [0.2, 0.25) is 0 Å². The number of hydrogen-bond acceptors (Lipinski definition) is 5. The van der Waals surface area contributed by atoms with E-state index < -0.39 is 10.0 Å². The van der Waals surface area contributed by atoms with Gasteiger partial charge in [-0.3, -0.25) is 4.79 Å². The van der Waals surface area contributed by atoms with E-state index in [1.807, 2.05) is 6.92 Å². The summed E-state index contributed by atoms with van der Waals surface area (Å²) < 4.78 is 29.9. The van der Waals surface area contributed by atoms with Crippen molar-refractivity contribution in [2.45, 2.75) is 31.2 Å². The number of hydrogen-bond donors (Lipinski definition) is 2. The first-order valence-electron chi connectivity index (χ1n) is 9.55. The van der Waals surface area contributed by atoms with Crippen molar-refractivity contribution >= 4 is 33.3 Å². The van der Waals surface area contributed by atoms with E-state index in [0.29, 0.717) is 22.6 Å². The lowest BCUT2D eigenvalue weighted by atomic mass is 10.1. The van der Waals surface area contributed by atoms with Crippen LogP contribution >= 0.6 is 0 Å². The van der Waals surface area contributed by atoms with E-state index in [4.69, 9.17) is 0 Å². The number of nitrogens with zero attached hydrogens (tertiary/aromatic N) is 3. The van der Waals surface area contributed by atoms with Gasteiger partial charge in [0.15, 0.2) is 5.84 Å². The number of rotatable bonds is 5. The highest BCUT2D eigenvalue weighted by atomic mass is 32.2. The zero-order valence-electron chi connectivity index (χ0n) is 16.5. The summed E-state index contributed by atoms with van der Waals surface area (Å²) in [6.07, 6.45) is 2.55. The van der Waals surface area contributed by atoms with Gasteiger partial charge in [-0.25, -0.2) is 4.68 Å². The van der Waals surface area contributed by atoms with Crippen molar-refractivity contribution in [2.24, 2.45) is 4.40 Å². The van der Waals surface area contributed by atoms with Gasteiger partial charge in [-0.05, 0) is 49.7 Å². The van der Waals surface area contributed by atoms with E-state index in [1.54, 1.807) is 59.4 Å². The molecule has 0 bridgehead atoms. The van der Waals surface area contributed by atoms with Crippen LogP contribution in [0.2, 0.25) is 0 Å². The molecule has 0 radical (unpaired) electrons. The van der Waals surface area contributed by atoms with E-state index in [9.17, 15) is 13.2 Å². The molecule has 1 unspecified atom stereocenters. The first kappa shape index (κ1) is 19.8. The van der Waals surface area contributed by atoms with Gasteiger partial charge in [0.1, 0.15) is 10.7 Å². The molecule has 0 aliphatic carbocycles. The van der Waals surface area contributed by atoms with Crippen molar-refractivity contribution in [3.05, 3.63) is 71.9 Å². The maximum atomic E-state index is 12.6. The summed E-state index contributed by atoms with van der Waals surface area (Å²) in [5, 5.41) is 10.2. The van der Waals surface area contributed by atoms with E-state index in [1.165, 1.54) is 6.07 Å². The van der Waals surface area contributed by atoms with Gasteiger partial charge < -0.3 is 10.6 Å². The molecule has 2 heterocycles. The third kappa shape index (κ3) is 3.71. The van der Waals surface area contributed by atoms with Crippen LogP contribution in [0.15, 0.2) is 70.1 Å². The summed E-state index contributed by atoms with van der Waals surface area (Å²) >= 11 is 0. The van der Waals surface area contributed by atoms with E-state index in [2.05, 4.69) is 27.1 Å². The number of amides is 1. The number of carbonyl (C=O) groups is 1. The fourth-order valence-electron chi connectivity index (χ4n) is 3.16. The number of aromatic nitrogens is 2. The molecule has 0 spiro atoms. The Morgan fingerprint density at radius 3 is 2.57 bits per heavy atom. The SMILES string of the molecule is CCC(C)n1nccc1NC(=O)c1ccc(NC2=NS(=O)(=O)c3ccccc32)cc1. The maximum absolute atomic E-state index is 12.6. The van der Waals surface area contributed by atoms with Crippen LogP contribution in [0.1, 0.15) is 42.2 Å². The Kier molecular flexibility index (Phi) is 5.13. The number of fused-ring (bicyclic) bond motifs is 1. The van der Waals surface area contributed by atoms with Crippen LogP contribution in [-0.2, 0) is 10.0 Å². The zero-order chi connectivity index (χ0) is 21.3. The molecular weight excluding hydrogens is 402 g/mol. The Hall–Kier alpha value is -3.46. The molecule has 9 heteroatoms. The monoisotopic (exact) mass is 423 g/mol. The third-order valence-corrected chi connectivity index (χ3v) is 6.30. The molecule has 1 aromatic heterocycles. The molecule has 1 aliphatic heterocycles. The van der Waals surface area contributed by atoms with Crippen LogP contribution in [0.3, 0.4) is 0 Å². The first-order chi connectivity index (χ1) is 14.4. The number of sulfonamides is 1. The minimum atomic E-state index is -3.69. The molecule has 3 aromatic rings. The van der Waals surface area contributed by atoms with Gasteiger partial charge in [-0.2, -0.15) is 13.5 Å². The molecule has 1 atom stereocenters. The van der Waals surface area contributed by atoms with Crippen LogP contribution in [-0.4, -0.2) is 29.9 Å².